The summed E-state index contributed by atoms with van der Waals surface area (Å²) in [6.45, 7) is 3.06. The molecule has 2 N–H and O–H groups in total. The minimum atomic E-state index is -0.815. The Labute approximate surface area is 78.5 Å². The summed E-state index contributed by atoms with van der Waals surface area (Å²) in [4.78, 5) is 0. The van der Waals surface area contributed by atoms with Crippen molar-refractivity contribution in [2.24, 2.45) is 0 Å². The minimum absolute atomic E-state index is 0.0536. The molecule has 1 aliphatic rings. The fourth-order valence-corrected chi connectivity index (χ4v) is 1.50. The van der Waals surface area contributed by atoms with E-state index in [-0.39, 0.29) is 18.8 Å². The fourth-order valence-electron chi connectivity index (χ4n) is 1.50. The van der Waals surface area contributed by atoms with Crippen LogP contribution in [0, 0.1) is 0 Å². The summed E-state index contributed by atoms with van der Waals surface area (Å²) in [5.74, 6) is 0. The van der Waals surface area contributed by atoms with Crippen LogP contribution in [0.25, 0.3) is 0 Å². The van der Waals surface area contributed by atoms with Crippen molar-refractivity contribution in [2.75, 3.05) is 19.8 Å². The molecule has 4 heteroatoms. The van der Waals surface area contributed by atoms with Crippen molar-refractivity contribution in [3.63, 3.8) is 0 Å². The predicted molar refractivity (Wildman–Crippen MR) is 47.5 cm³/mol. The van der Waals surface area contributed by atoms with Crippen LogP contribution in [0.5, 0.6) is 0 Å². The van der Waals surface area contributed by atoms with Crippen molar-refractivity contribution in [3.05, 3.63) is 0 Å². The summed E-state index contributed by atoms with van der Waals surface area (Å²) in [5.41, 5.74) is 0. The summed E-state index contributed by atoms with van der Waals surface area (Å²) in [7, 11) is 0. The Kier molecular flexibility index (Phi) is 4.66. The average molecular weight is 190 g/mol. The third-order valence-corrected chi connectivity index (χ3v) is 2.18. The predicted octanol–water partition coefficient (Wildman–Crippen LogP) is -0.0763. The second kappa shape index (κ2) is 5.54. The molecular weight excluding hydrogens is 172 g/mol. The largest absolute Gasteiger partial charge is 0.394 e. The van der Waals surface area contributed by atoms with E-state index in [9.17, 15) is 5.11 Å². The molecule has 0 spiro atoms. The zero-order valence-corrected chi connectivity index (χ0v) is 7.98. The molecule has 0 saturated carbocycles. The zero-order chi connectivity index (χ0) is 9.68. The summed E-state index contributed by atoms with van der Waals surface area (Å²) >= 11 is 0. The van der Waals surface area contributed by atoms with Gasteiger partial charge in [0.1, 0.15) is 12.2 Å². The highest BCUT2D eigenvalue weighted by molar-refractivity contribution is 4.82. The molecule has 0 amide bonds. The molecule has 0 radical (unpaired) electrons. The monoisotopic (exact) mass is 190 g/mol. The van der Waals surface area contributed by atoms with Crippen LogP contribution in [0.3, 0.4) is 0 Å². The van der Waals surface area contributed by atoms with Crippen molar-refractivity contribution in [1.29, 1.82) is 0 Å². The molecule has 0 aromatic rings. The Bertz CT molecular complexity index is 140. The molecule has 0 aliphatic carbocycles. The summed E-state index contributed by atoms with van der Waals surface area (Å²) in [6, 6.07) is 0. The lowest BCUT2D eigenvalue weighted by Gasteiger charge is -2.22. The highest BCUT2D eigenvalue weighted by Crippen LogP contribution is 2.20. The molecule has 1 fully saturated rings. The van der Waals surface area contributed by atoms with Crippen LogP contribution in [0.4, 0.5) is 0 Å². The lowest BCUT2D eigenvalue weighted by atomic mass is 10.1. The molecule has 2 unspecified atom stereocenters. The molecule has 13 heavy (non-hydrogen) atoms. The Morgan fingerprint density at radius 1 is 1.62 bits per heavy atom. The van der Waals surface area contributed by atoms with Crippen LogP contribution < -0.4 is 0 Å². The fraction of sp³-hybridized carbons (Fsp3) is 1.00. The second-order valence-electron chi connectivity index (χ2n) is 3.28. The van der Waals surface area contributed by atoms with E-state index in [2.05, 4.69) is 0 Å². The highest BCUT2D eigenvalue weighted by Gasteiger charge is 2.34. The lowest BCUT2D eigenvalue weighted by Crippen LogP contribution is -2.38. The summed E-state index contributed by atoms with van der Waals surface area (Å²) < 4.78 is 10.8. The van der Waals surface area contributed by atoms with Gasteiger partial charge in [0.25, 0.3) is 0 Å². The Hall–Kier alpha value is -0.160. The van der Waals surface area contributed by atoms with Crippen molar-refractivity contribution in [1.82, 2.24) is 0 Å². The molecule has 0 bridgehead atoms. The lowest BCUT2D eigenvalue weighted by molar-refractivity contribution is -0.0841. The normalized spacial score (nSPS) is 30.7. The van der Waals surface area contributed by atoms with Gasteiger partial charge in [-0.3, -0.25) is 0 Å². The molecule has 1 heterocycles. The third kappa shape index (κ3) is 2.91. The number of hydrogen-bond donors (Lipinski definition) is 2. The van der Waals surface area contributed by atoms with Gasteiger partial charge in [-0.2, -0.15) is 0 Å². The number of aliphatic hydroxyl groups excluding tert-OH is 2. The van der Waals surface area contributed by atoms with Crippen LogP contribution in [-0.2, 0) is 9.47 Å². The second-order valence-corrected chi connectivity index (χ2v) is 3.28. The summed E-state index contributed by atoms with van der Waals surface area (Å²) in [6.07, 6.45) is 0.545. The minimum Gasteiger partial charge on any atom is -0.394 e. The molecule has 1 aliphatic heterocycles. The molecule has 1 saturated heterocycles. The Morgan fingerprint density at radius 2 is 2.38 bits per heavy atom. The van der Waals surface area contributed by atoms with E-state index >= 15 is 0 Å². The maximum absolute atomic E-state index is 9.37. The number of ether oxygens (including phenoxy) is 2. The first-order valence-corrected chi connectivity index (χ1v) is 4.81. The van der Waals surface area contributed by atoms with Crippen LogP contribution in [0.1, 0.15) is 19.8 Å². The van der Waals surface area contributed by atoms with Gasteiger partial charge in [-0.1, -0.05) is 6.92 Å². The molecular formula is C9H18O4. The third-order valence-electron chi connectivity index (χ3n) is 2.18. The van der Waals surface area contributed by atoms with Crippen molar-refractivity contribution in [2.45, 2.75) is 38.1 Å². The number of rotatable bonds is 5. The van der Waals surface area contributed by atoms with Gasteiger partial charge < -0.3 is 19.7 Å². The van der Waals surface area contributed by atoms with Crippen molar-refractivity contribution in [3.8, 4) is 0 Å². The van der Waals surface area contributed by atoms with Crippen LogP contribution >= 0.6 is 0 Å². The number of hydrogen-bond acceptors (Lipinski definition) is 4. The standard InChI is InChI=1S/C9H18O4/c1-2-4-12-8-3-5-13-9(8)7(11)6-10/h7-11H,2-6H2,1H3/t7?,8-,9?/m1/s1. The average Bonchev–Trinajstić information content (AvgIpc) is 2.61. The van der Waals surface area contributed by atoms with Gasteiger partial charge in [-0.05, 0) is 12.8 Å². The molecule has 4 nitrogen and oxygen atoms in total. The van der Waals surface area contributed by atoms with E-state index < -0.39 is 6.10 Å². The van der Waals surface area contributed by atoms with Gasteiger partial charge in [0.2, 0.25) is 0 Å². The SMILES string of the molecule is CCCO[C@@H]1CCOC1C(O)CO. The van der Waals surface area contributed by atoms with Crippen molar-refractivity contribution >= 4 is 0 Å². The Balaban J connectivity index is 2.34. The van der Waals surface area contributed by atoms with Crippen LogP contribution in [0.2, 0.25) is 0 Å². The molecule has 0 aromatic carbocycles. The Morgan fingerprint density at radius 3 is 3.00 bits per heavy atom. The quantitative estimate of drug-likeness (QED) is 0.637. The van der Waals surface area contributed by atoms with Gasteiger partial charge in [-0.25, -0.2) is 0 Å². The van der Waals surface area contributed by atoms with E-state index in [4.69, 9.17) is 14.6 Å². The van der Waals surface area contributed by atoms with E-state index in [1.807, 2.05) is 6.92 Å². The first-order chi connectivity index (χ1) is 6.29. The molecule has 0 aromatic heterocycles. The van der Waals surface area contributed by atoms with Crippen LogP contribution in [0.15, 0.2) is 0 Å². The van der Waals surface area contributed by atoms with E-state index in [0.29, 0.717) is 13.2 Å². The molecule has 1 rings (SSSR count). The van der Waals surface area contributed by atoms with Crippen molar-refractivity contribution < 1.29 is 19.7 Å². The summed E-state index contributed by atoms with van der Waals surface area (Å²) in [5, 5.41) is 18.1. The van der Waals surface area contributed by atoms with E-state index in [0.717, 1.165) is 12.8 Å². The first kappa shape index (κ1) is 10.9. The molecule has 3 atom stereocenters. The van der Waals surface area contributed by atoms with Crippen LogP contribution in [-0.4, -0.2) is 48.3 Å². The first-order valence-electron chi connectivity index (χ1n) is 4.81. The number of aliphatic hydroxyl groups is 2. The topological polar surface area (TPSA) is 58.9 Å². The van der Waals surface area contributed by atoms with Gasteiger partial charge in [0.05, 0.1) is 12.7 Å². The van der Waals surface area contributed by atoms with E-state index in [1.54, 1.807) is 0 Å². The van der Waals surface area contributed by atoms with Gasteiger partial charge in [0, 0.05) is 13.2 Å². The van der Waals surface area contributed by atoms with Gasteiger partial charge in [-0.15, -0.1) is 0 Å². The smallest absolute Gasteiger partial charge is 0.112 e. The maximum atomic E-state index is 9.37. The van der Waals surface area contributed by atoms with Gasteiger partial charge in [0.15, 0.2) is 0 Å². The molecule has 78 valence electrons. The zero-order valence-electron chi connectivity index (χ0n) is 7.98. The van der Waals surface area contributed by atoms with E-state index in [1.165, 1.54) is 0 Å². The highest BCUT2D eigenvalue weighted by atomic mass is 16.6. The van der Waals surface area contributed by atoms with Gasteiger partial charge >= 0.3 is 0 Å². The maximum Gasteiger partial charge on any atom is 0.112 e.